The highest BCUT2D eigenvalue weighted by Gasteiger charge is 2.64. The van der Waals surface area contributed by atoms with Gasteiger partial charge in [-0.05, 0) is 19.9 Å². The van der Waals surface area contributed by atoms with Crippen molar-refractivity contribution in [3.8, 4) is 0 Å². The van der Waals surface area contributed by atoms with Gasteiger partial charge in [0.1, 0.15) is 28.9 Å². The highest BCUT2D eigenvalue weighted by Crippen LogP contribution is 2.54. The van der Waals surface area contributed by atoms with Gasteiger partial charge in [-0.2, -0.15) is 0 Å². The number of fused-ring (bicyclic) bond motifs is 2. The molecule has 0 aliphatic carbocycles. The molecule has 0 saturated heterocycles. The molecule has 2 heterocycles. The van der Waals surface area contributed by atoms with Crippen LogP contribution in [-0.4, -0.2) is 51.2 Å². The summed E-state index contributed by atoms with van der Waals surface area (Å²) in [5.41, 5.74) is 3.98. The summed E-state index contributed by atoms with van der Waals surface area (Å²) in [6.07, 6.45) is 0. The molecule has 0 bridgehead atoms. The van der Waals surface area contributed by atoms with Crippen molar-refractivity contribution in [1.29, 1.82) is 0 Å². The zero-order chi connectivity index (χ0) is 22.9. The minimum atomic E-state index is -2.02. The van der Waals surface area contributed by atoms with E-state index in [0.717, 1.165) is 19.1 Å². The van der Waals surface area contributed by atoms with Gasteiger partial charge < -0.3 is 24.7 Å². The van der Waals surface area contributed by atoms with Crippen LogP contribution in [0.3, 0.4) is 0 Å². The average molecular weight is 430 g/mol. The van der Waals surface area contributed by atoms with Gasteiger partial charge in [0.25, 0.3) is 0 Å². The van der Waals surface area contributed by atoms with Gasteiger partial charge in [-0.25, -0.2) is 9.59 Å². The van der Waals surface area contributed by atoms with Crippen LogP contribution in [0.25, 0.3) is 0 Å². The Morgan fingerprint density at radius 1 is 1.10 bits per heavy atom. The molecule has 3 rings (SSSR count). The fourth-order valence-corrected chi connectivity index (χ4v) is 4.02. The maximum Gasteiger partial charge on any atom is 0.340 e. The molecule has 1 unspecified atom stereocenters. The standard InChI is InChI=1S/C21H22N2O8/c1-5-30-14(24)10-23-13-9-7-6-8-12(13)21(20(23)27)15(18(25)28-3)11(2)31-17(22)16(21)19(26)29-4/h6-9H,5,10,22H2,1-4H3. The Morgan fingerprint density at radius 3 is 2.32 bits per heavy atom. The number of ether oxygens (including phenoxy) is 4. The lowest BCUT2D eigenvalue weighted by atomic mass is 9.67. The van der Waals surface area contributed by atoms with Crippen LogP contribution >= 0.6 is 0 Å². The predicted molar refractivity (Wildman–Crippen MR) is 106 cm³/mol. The van der Waals surface area contributed by atoms with Crippen LogP contribution in [0.1, 0.15) is 19.4 Å². The van der Waals surface area contributed by atoms with Crippen molar-refractivity contribution in [2.75, 3.05) is 32.3 Å². The monoisotopic (exact) mass is 430 g/mol. The zero-order valence-corrected chi connectivity index (χ0v) is 17.5. The van der Waals surface area contributed by atoms with Crippen molar-refractivity contribution in [1.82, 2.24) is 0 Å². The number of carbonyl (C=O) groups excluding carboxylic acids is 4. The number of nitrogens with zero attached hydrogens (tertiary/aromatic N) is 1. The SMILES string of the molecule is CCOC(=O)CN1C(=O)C2(C(C(=O)OC)=C(C)OC(N)=C2C(=O)OC)c2ccccc21. The van der Waals surface area contributed by atoms with Crippen molar-refractivity contribution < 1.29 is 38.1 Å². The topological polar surface area (TPSA) is 134 Å². The van der Waals surface area contributed by atoms with Crippen LogP contribution in [0.4, 0.5) is 5.69 Å². The second-order valence-electron chi connectivity index (χ2n) is 6.72. The first kappa shape index (κ1) is 21.9. The Balaban J connectivity index is 2.38. The van der Waals surface area contributed by atoms with Gasteiger partial charge in [-0.1, -0.05) is 18.2 Å². The highest BCUT2D eigenvalue weighted by molar-refractivity contribution is 6.23. The van der Waals surface area contributed by atoms with E-state index < -0.39 is 41.7 Å². The van der Waals surface area contributed by atoms with Gasteiger partial charge in [0.15, 0.2) is 0 Å². The number of benzene rings is 1. The van der Waals surface area contributed by atoms with E-state index in [9.17, 15) is 19.2 Å². The molecule has 31 heavy (non-hydrogen) atoms. The zero-order valence-electron chi connectivity index (χ0n) is 17.5. The molecular weight excluding hydrogens is 408 g/mol. The number of hydrogen-bond acceptors (Lipinski definition) is 9. The molecule has 1 atom stereocenters. The minimum Gasteiger partial charge on any atom is -0.466 e. The molecular formula is C21H22N2O8. The highest BCUT2D eigenvalue weighted by atomic mass is 16.5. The molecule has 10 nitrogen and oxygen atoms in total. The number of allylic oxidation sites excluding steroid dienone is 1. The normalized spacial score (nSPS) is 19.9. The number of esters is 3. The van der Waals surface area contributed by atoms with E-state index in [-0.39, 0.29) is 29.1 Å². The van der Waals surface area contributed by atoms with E-state index in [0.29, 0.717) is 5.69 Å². The first-order valence-electron chi connectivity index (χ1n) is 9.38. The number of para-hydroxylation sites is 1. The number of methoxy groups -OCH3 is 2. The molecule has 0 aromatic heterocycles. The first-order chi connectivity index (χ1) is 14.7. The summed E-state index contributed by atoms with van der Waals surface area (Å²) in [4.78, 5) is 53.0. The van der Waals surface area contributed by atoms with Crippen LogP contribution < -0.4 is 10.6 Å². The number of rotatable bonds is 5. The molecule has 0 radical (unpaired) electrons. The van der Waals surface area contributed by atoms with E-state index in [1.54, 1.807) is 31.2 Å². The van der Waals surface area contributed by atoms with Crippen LogP contribution in [0, 0.1) is 0 Å². The molecule has 1 aromatic rings. The molecule has 0 fully saturated rings. The summed E-state index contributed by atoms with van der Waals surface area (Å²) in [6.45, 7) is 2.75. The third-order valence-corrected chi connectivity index (χ3v) is 5.15. The molecule has 2 aliphatic rings. The van der Waals surface area contributed by atoms with E-state index in [1.807, 2.05) is 0 Å². The van der Waals surface area contributed by atoms with Crippen molar-refractivity contribution in [2.45, 2.75) is 19.3 Å². The Labute approximate surface area is 178 Å². The van der Waals surface area contributed by atoms with Crippen molar-refractivity contribution in [2.24, 2.45) is 5.73 Å². The summed E-state index contributed by atoms with van der Waals surface area (Å²) in [5.74, 6) is -3.68. The van der Waals surface area contributed by atoms with Gasteiger partial charge in [-0.3, -0.25) is 14.5 Å². The van der Waals surface area contributed by atoms with Gasteiger partial charge in [-0.15, -0.1) is 0 Å². The quantitative estimate of drug-likeness (QED) is 0.528. The van der Waals surface area contributed by atoms with Gasteiger partial charge in [0.2, 0.25) is 11.8 Å². The van der Waals surface area contributed by atoms with E-state index in [1.165, 1.54) is 6.92 Å². The van der Waals surface area contributed by atoms with Crippen molar-refractivity contribution in [3.05, 3.63) is 52.6 Å². The summed E-state index contributed by atoms with van der Waals surface area (Å²) < 4.78 is 20.2. The lowest BCUT2D eigenvalue weighted by molar-refractivity contribution is -0.142. The lowest BCUT2D eigenvalue weighted by Crippen LogP contribution is -2.51. The number of nitrogens with two attached hydrogens (primary N) is 1. The van der Waals surface area contributed by atoms with Gasteiger partial charge in [0.05, 0.1) is 20.8 Å². The molecule has 0 saturated carbocycles. The van der Waals surface area contributed by atoms with Crippen LogP contribution in [0.5, 0.6) is 0 Å². The number of amides is 1. The summed E-state index contributed by atoms with van der Waals surface area (Å²) >= 11 is 0. The Kier molecular flexibility index (Phi) is 5.74. The molecule has 2 aliphatic heterocycles. The maximum atomic E-state index is 14.0. The molecule has 10 heteroatoms. The van der Waals surface area contributed by atoms with E-state index in [4.69, 9.17) is 24.7 Å². The van der Waals surface area contributed by atoms with Crippen molar-refractivity contribution >= 4 is 29.5 Å². The predicted octanol–water partition coefficient (Wildman–Crippen LogP) is 0.655. The van der Waals surface area contributed by atoms with E-state index in [2.05, 4.69) is 0 Å². The van der Waals surface area contributed by atoms with Gasteiger partial charge in [0, 0.05) is 11.3 Å². The third-order valence-electron chi connectivity index (χ3n) is 5.15. The molecule has 1 spiro atoms. The second-order valence-corrected chi connectivity index (χ2v) is 6.72. The van der Waals surface area contributed by atoms with Gasteiger partial charge >= 0.3 is 17.9 Å². The largest absolute Gasteiger partial charge is 0.466 e. The Hall–Kier alpha value is -3.82. The fourth-order valence-electron chi connectivity index (χ4n) is 4.02. The third kappa shape index (κ3) is 3.11. The van der Waals surface area contributed by atoms with Crippen LogP contribution in [-0.2, 0) is 43.5 Å². The second kappa shape index (κ2) is 8.13. The Morgan fingerprint density at radius 2 is 1.71 bits per heavy atom. The average Bonchev–Trinajstić information content (AvgIpc) is 2.96. The maximum absolute atomic E-state index is 14.0. The number of anilines is 1. The fraction of sp³-hybridized carbons (Fsp3) is 0.333. The summed E-state index contributed by atoms with van der Waals surface area (Å²) in [5, 5.41) is 0. The summed E-state index contributed by atoms with van der Waals surface area (Å²) in [7, 11) is 2.25. The lowest BCUT2D eigenvalue weighted by Gasteiger charge is -2.35. The molecule has 164 valence electrons. The van der Waals surface area contributed by atoms with Crippen molar-refractivity contribution in [3.63, 3.8) is 0 Å². The Bertz CT molecular complexity index is 1000. The summed E-state index contributed by atoms with van der Waals surface area (Å²) in [6, 6.07) is 6.44. The molecule has 2 N–H and O–H groups in total. The van der Waals surface area contributed by atoms with Crippen LogP contribution in [0.2, 0.25) is 0 Å². The number of hydrogen-bond donors (Lipinski definition) is 1. The smallest absolute Gasteiger partial charge is 0.340 e. The molecule has 1 amide bonds. The van der Waals surface area contributed by atoms with E-state index >= 15 is 0 Å². The molecule has 1 aromatic carbocycles. The first-order valence-corrected chi connectivity index (χ1v) is 9.38. The number of carbonyl (C=O) groups is 4. The van der Waals surface area contributed by atoms with Crippen LogP contribution in [0.15, 0.2) is 47.1 Å². The minimum absolute atomic E-state index is 0.0156.